The Morgan fingerprint density at radius 2 is 2.07 bits per heavy atom. The number of rotatable bonds is 1. The van der Waals surface area contributed by atoms with E-state index in [1.54, 1.807) is 0 Å². The Morgan fingerprint density at radius 3 is 2.57 bits per heavy atom. The van der Waals surface area contributed by atoms with Crippen molar-refractivity contribution in [1.29, 1.82) is 0 Å². The van der Waals surface area contributed by atoms with Gasteiger partial charge in [0.2, 0.25) is 0 Å². The maximum Gasteiger partial charge on any atom is 0.189 e. The second kappa shape index (κ2) is 3.17. The van der Waals surface area contributed by atoms with Crippen molar-refractivity contribution in [2.75, 3.05) is 6.54 Å². The van der Waals surface area contributed by atoms with Crippen LogP contribution >= 0.6 is 11.6 Å². The maximum absolute atomic E-state index is 5.82. The lowest BCUT2D eigenvalue weighted by molar-refractivity contribution is 0.480. The molecule has 0 saturated carbocycles. The fraction of sp³-hybridized carbons (Fsp3) is 0.300. The zero-order chi connectivity index (χ0) is 10.2. The molecule has 0 radical (unpaired) electrons. The Bertz CT molecular complexity index is 371. The normalized spacial score (nSPS) is 25.7. The van der Waals surface area contributed by atoms with Gasteiger partial charge in [0.05, 0.1) is 12.1 Å². The molecule has 0 fully saturated rings. The smallest absolute Gasteiger partial charge is 0.189 e. The quantitative estimate of drug-likeness (QED) is 0.736. The Balaban J connectivity index is 2.28. The zero-order valence-electron chi connectivity index (χ0n) is 7.92. The fourth-order valence-electron chi connectivity index (χ4n) is 1.59. The Hall–Kier alpha value is -1.22. The predicted octanol–water partition coefficient (Wildman–Crippen LogP) is 1.47. The van der Waals surface area contributed by atoms with Crippen molar-refractivity contribution in [3.63, 3.8) is 0 Å². The number of nitrogens with two attached hydrogens (primary N) is 1. The van der Waals surface area contributed by atoms with Crippen molar-refractivity contribution in [1.82, 2.24) is 5.32 Å². The summed E-state index contributed by atoms with van der Waals surface area (Å²) < 4.78 is 0. The van der Waals surface area contributed by atoms with E-state index in [0.29, 0.717) is 12.5 Å². The molecular formula is C10H12ClN3. The molecule has 0 aromatic heterocycles. The van der Waals surface area contributed by atoms with Gasteiger partial charge in [0, 0.05) is 5.02 Å². The standard InChI is InChI=1S/C10H12ClN3/c1-10(6-13-9(12)14-10)7-2-4-8(11)5-3-7/h2-5H,6H2,1H3,(H3,12,13,14). The summed E-state index contributed by atoms with van der Waals surface area (Å²) in [5, 5.41) is 3.89. The molecule has 1 heterocycles. The van der Waals surface area contributed by atoms with Gasteiger partial charge in [0.1, 0.15) is 0 Å². The van der Waals surface area contributed by atoms with Crippen molar-refractivity contribution in [3.8, 4) is 0 Å². The number of hydrogen-bond acceptors (Lipinski definition) is 3. The van der Waals surface area contributed by atoms with Crippen molar-refractivity contribution < 1.29 is 0 Å². The molecule has 1 atom stereocenters. The Labute approximate surface area is 88.0 Å². The summed E-state index contributed by atoms with van der Waals surface area (Å²) >= 11 is 5.82. The molecule has 0 saturated heterocycles. The van der Waals surface area contributed by atoms with Gasteiger partial charge < -0.3 is 11.1 Å². The molecular weight excluding hydrogens is 198 g/mol. The summed E-state index contributed by atoms with van der Waals surface area (Å²) in [6.07, 6.45) is 0. The third kappa shape index (κ3) is 1.55. The summed E-state index contributed by atoms with van der Waals surface area (Å²) in [5.74, 6) is 0.502. The highest BCUT2D eigenvalue weighted by molar-refractivity contribution is 6.30. The van der Waals surface area contributed by atoms with E-state index in [1.807, 2.05) is 24.3 Å². The topological polar surface area (TPSA) is 50.4 Å². The first-order valence-corrected chi connectivity index (χ1v) is 4.82. The Kier molecular flexibility index (Phi) is 2.11. The van der Waals surface area contributed by atoms with Crippen LogP contribution in [-0.2, 0) is 5.54 Å². The van der Waals surface area contributed by atoms with E-state index in [4.69, 9.17) is 17.3 Å². The van der Waals surface area contributed by atoms with Gasteiger partial charge in [-0.1, -0.05) is 23.7 Å². The molecule has 1 unspecified atom stereocenters. The summed E-state index contributed by atoms with van der Waals surface area (Å²) in [6.45, 7) is 2.74. The van der Waals surface area contributed by atoms with Crippen LogP contribution < -0.4 is 11.1 Å². The van der Waals surface area contributed by atoms with E-state index in [1.165, 1.54) is 0 Å². The fourth-order valence-corrected chi connectivity index (χ4v) is 1.71. The van der Waals surface area contributed by atoms with Gasteiger partial charge in [-0.25, -0.2) is 0 Å². The third-order valence-electron chi connectivity index (χ3n) is 2.45. The van der Waals surface area contributed by atoms with Crippen LogP contribution in [0, 0.1) is 0 Å². The summed E-state index contributed by atoms with van der Waals surface area (Å²) in [5.41, 5.74) is 6.55. The number of nitrogens with one attached hydrogen (secondary N) is 1. The van der Waals surface area contributed by atoms with Crippen LogP contribution in [0.15, 0.2) is 29.3 Å². The van der Waals surface area contributed by atoms with Crippen molar-refractivity contribution in [2.45, 2.75) is 12.5 Å². The molecule has 1 aromatic rings. The number of aliphatic imine (C=N–C) groups is 1. The molecule has 3 N–H and O–H groups in total. The van der Waals surface area contributed by atoms with Crippen molar-refractivity contribution >= 4 is 17.6 Å². The molecule has 0 bridgehead atoms. The van der Waals surface area contributed by atoms with Gasteiger partial charge in [0.15, 0.2) is 5.96 Å². The molecule has 14 heavy (non-hydrogen) atoms. The number of guanidine groups is 1. The van der Waals surface area contributed by atoms with Gasteiger partial charge >= 0.3 is 0 Å². The maximum atomic E-state index is 5.82. The largest absolute Gasteiger partial charge is 0.370 e. The van der Waals surface area contributed by atoms with Gasteiger partial charge in [-0.3, -0.25) is 4.99 Å². The minimum Gasteiger partial charge on any atom is -0.370 e. The lowest BCUT2D eigenvalue weighted by Gasteiger charge is -2.24. The van der Waals surface area contributed by atoms with E-state index in [-0.39, 0.29) is 5.54 Å². The predicted molar refractivity (Wildman–Crippen MR) is 58.4 cm³/mol. The highest BCUT2D eigenvalue weighted by atomic mass is 35.5. The van der Waals surface area contributed by atoms with E-state index >= 15 is 0 Å². The first-order chi connectivity index (χ1) is 6.60. The van der Waals surface area contributed by atoms with Crippen LogP contribution in [0.25, 0.3) is 0 Å². The number of hydrogen-bond donors (Lipinski definition) is 2. The molecule has 1 aliphatic heterocycles. The lowest BCUT2D eigenvalue weighted by Crippen LogP contribution is -2.42. The molecule has 74 valence electrons. The average Bonchev–Trinajstić information content (AvgIpc) is 2.48. The SMILES string of the molecule is CC1(c2ccc(Cl)cc2)CN=C(N)N1. The molecule has 3 nitrogen and oxygen atoms in total. The monoisotopic (exact) mass is 209 g/mol. The van der Waals surface area contributed by atoms with Crippen LogP contribution in [0.5, 0.6) is 0 Å². The molecule has 1 aromatic carbocycles. The molecule has 0 spiro atoms. The summed E-state index contributed by atoms with van der Waals surface area (Å²) in [4.78, 5) is 4.14. The van der Waals surface area contributed by atoms with E-state index in [9.17, 15) is 0 Å². The molecule has 0 aliphatic carbocycles. The van der Waals surface area contributed by atoms with Crippen LogP contribution in [0.4, 0.5) is 0 Å². The van der Waals surface area contributed by atoms with Crippen LogP contribution in [0.1, 0.15) is 12.5 Å². The summed E-state index contributed by atoms with van der Waals surface area (Å²) in [6, 6.07) is 7.73. The highest BCUT2D eigenvalue weighted by Gasteiger charge is 2.30. The zero-order valence-corrected chi connectivity index (χ0v) is 8.67. The lowest BCUT2D eigenvalue weighted by atomic mass is 9.93. The number of benzene rings is 1. The highest BCUT2D eigenvalue weighted by Crippen LogP contribution is 2.25. The number of halogens is 1. The van der Waals surface area contributed by atoms with E-state index in [2.05, 4.69) is 17.2 Å². The summed E-state index contributed by atoms with van der Waals surface area (Å²) in [7, 11) is 0. The van der Waals surface area contributed by atoms with Gasteiger partial charge in [-0.05, 0) is 24.6 Å². The minimum atomic E-state index is -0.186. The number of nitrogens with zero attached hydrogens (tertiary/aromatic N) is 1. The second-order valence-corrected chi connectivity index (χ2v) is 4.10. The van der Waals surface area contributed by atoms with E-state index < -0.39 is 0 Å². The average molecular weight is 210 g/mol. The molecule has 2 rings (SSSR count). The molecule has 0 amide bonds. The minimum absolute atomic E-state index is 0.186. The van der Waals surface area contributed by atoms with Gasteiger partial charge in [-0.15, -0.1) is 0 Å². The Morgan fingerprint density at radius 1 is 1.43 bits per heavy atom. The third-order valence-corrected chi connectivity index (χ3v) is 2.70. The van der Waals surface area contributed by atoms with Crippen LogP contribution in [0.3, 0.4) is 0 Å². The van der Waals surface area contributed by atoms with Crippen LogP contribution in [-0.4, -0.2) is 12.5 Å². The van der Waals surface area contributed by atoms with Gasteiger partial charge in [-0.2, -0.15) is 0 Å². The molecule has 1 aliphatic rings. The van der Waals surface area contributed by atoms with Crippen LogP contribution in [0.2, 0.25) is 5.02 Å². The second-order valence-electron chi connectivity index (χ2n) is 3.67. The van der Waals surface area contributed by atoms with Crippen molar-refractivity contribution in [3.05, 3.63) is 34.9 Å². The van der Waals surface area contributed by atoms with Gasteiger partial charge in [0.25, 0.3) is 0 Å². The first-order valence-electron chi connectivity index (χ1n) is 4.44. The first kappa shape index (κ1) is 9.34. The van der Waals surface area contributed by atoms with Crippen molar-refractivity contribution in [2.24, 2.45) is 10.7 Å². The van der Waals surface area contributed by atoms with E-state index in [0.717, 1.165) is 10.6 Å². The molecule has 4 heteroatoms.